The Balaban J connectivity index is 1.60. The van der Waals surface area contributed by atoms with Crippen molar-refractivity contribution in [1.29, 1.82) is 0 Å². The van der Waals surface area contributed by atoms with E-state index in [4.69, 9.17) is 4.74 Å². The molecular formula is C24H28N2O6S. The monoisotopic (exact) mass is 472 g/mol. The van der Waals surface area contributed by atoms with Crippen LogP contribution in [0.3, 0.4) is 0 Å². The van der Waals surface area contributed by atoms with E-state index in [9.17, 15) is 22.8 Å². The summed E-state index contributed by atoms with van der Waals surface area (Å²) in [5, 5.41) is 2.73. The lowest BCUT2D eigenvalue weighted by atomic mass is 10.1. The predicted octanol–water partition coefficient (Wildman–Crippen LogP) is 3.31. The second-order valence-electron chi connectivity index (χ2n) is 7.99. The fourth-order valence-electron chi connectivity index (χ4n) is 3.62. The summed E-state index contributed by atoms with van der Waals surface area (Å²) in [6, 6.07) is 11.8. The number of Topliss-reactive ketones (excluding diaryl/α,β-unsaturated/α-hetero) is 1. The molecule has 3 rings (SSSR count). The third-order valence-corrected chi connectivity index (χ3v) is 7.34. The lowest BCUT2D eigenvalue weighted by molar-refractivity contribution is -0.146. The van der Waals surface area contributed by atoms with Crippen LogP contribution in [0.15, 0.2) is 53.4 Å². The zero-order valence-electron chi connectivity index (χ0n) is 18.7. The largest absolute Gasteiger partial charge is 0.456 e. The maximum atomic E-state index is 13.0. The summed E-state index contributed by atoms with van der Waals surface area (Å²) in [5.74, 6) is -1.26. The lowest BCUT2D eigenvalue weighted by Crippen LogP contribution is -2.41. The number of ketones is 1. The van der Waals surface area contributed by atoms with Crippen molar-refractivity contribution in [2.75, 3.05) is 18.5 Å². The Labute approximate surface area is 194 Å². The molecule has 0 aliphatic carbocycles. The number of amides is 1. The summed E-state index contributed by atoms with van der Waals surface area (Å²) in [6.07, 6.45) is 2.02. The summed E-state index contributed by atoms with van der Waals surface area (Å²) in [7, 11) is -3.85. The summed E-state index contributed by atoms with van der Waals surface area (Å²) >= 11 is 0. The fourth-order valence-corrected chi connectivity index (χ4v) is 5.26. The van der Waals surface area contributed by atoms with Gasteiger partial charge in [-0.25, -0.2) is 8.42 Å². The topological polar surface area (TPSA) is 110 Å². The number of aryl methyl sites for hydroxylation is 1. The van der Waals surface area contributed by atoms with Gasteiger partial charge in [-0.15, -0.1) is 0 Å². The Morgan fingerprint density at radius 1 is 1.06 bits per heavy atom. The molecule has 2 aromatic rings. The molecule has 0 spiro atoms. The van der Waals surface area contributed by atoms with Gasteiger partial charge in [0.1, 0.15) is 6.04 Å². The van der Waals surface area contributed by atoms with Crippen LogP contribution >= 0.6 is 0 Å². The normalized spacial score (nSPS) is 16.4. The van der Waals surface area contributed by atoms with Crippen molar-refractivity contribution in [2.24, 2.45) is 0 Å². The van der Waals surface area contributed by atoms with E-state index in [2.05, 4.69) is 5.32 Å². The number of carbonyl (C=O) groups excluding carboxylic acids is 3. The van der Waals surface area contributed by atoms with Crippen LogP contribution in [0, 0.1) is 6.92 Å². The van der Waals surface area contributed by atoms with Gasteiger partial charge < -0.3 is 10.1 Å². The average molecular weight is 473 g/mol. The molecule has 1 aliphatic rings. The van der Waals surface area contributed by atoms with E-state index in [0.29, 0.717) is 30.5 Å². The minimum Gasteiger partial charge on any atom is -0.456 e. The van der Waals surface area contributed by atoms with E-state index in [0.717, 1.165) is 16.3 Å². The molecule has 1 N–H and O–H groups in total. The van der Waals surface area contributed by atoms with Gasteiger partial charge in [0.2, 0.25) is 15.9 Å². The number of anilines is 1. The van der Waals surface area contributed by atoms with Crippen LogP contribution < -0.4 is 5.32 Å². The molecule has 176 valence electrons. The van der Waals surface area contributed by atoms with Crippen LogP contribution in [0.2, 0.25) is 0 Å². The maximum Gasteiger partial charge on any atom is 0.324 e. The van der Waals surface area contributed by atoms with Crippen molar-refractivity contribution in [2.45, 2.75) is 50.5 Å². The standard InChI is InChI=1S/C24H28N2O6S/c1-3-5-23(28)25-19-11-9-18(10-12-19)22(27)16-32-24(29)21-6-4-15-26(21)33(30,31)20-13-7-17(2)8-14-20/h7-14,21H,3-6,15-16H2,1-2H3,(H,25,28)/t21-/m0/s1. The Bertz CT molecular complexity index is 1110. The number of hydrogen-bond donors (Lipinski definition) is 1. The van der Waals surface area contributed by atoms with Gasteiger partial charge in [0.05, 0.1) is 4.90 Å². The number of ether oxygens (including phenoxy) is 1. The number of rotatable bonds is 9. The average Bonchev–Trinajstić information content (AvgIpc) is 3.29. The highest BCUT2D eigenvalue weighted by Crippen LogP contribution is 2.27. The van der Waals surface area contributed by atoms with Gasteiger partial charge in [0, 0.05) is 24.2 Å². The highest BCUT2D eigenvalue weighted by molar-refractivity contribution is 7.89. The van der Waals surface area contributed by atoms with Crippen molar-refractivity contribution in [1.82, 2.24) is 4.31 Å². The molecule has 0 radical (unpaired) electrons. The summed E-state index contributed by atoms with van der Waals surface area (Å²) < 4.78 is 32.3. The molecule has 0 aromatic heterocycles. The van der Waals surface area contributed by atoms with Crippen molar-refractivity contribution < 1.29 is 27.5 Å². The third-order valence-electron chi connectivity index (χ3n) is 5.42. The molecule has 1 saturated heterocycles. The minimum absolute atomic E-state index is 0.104. The molecule has 33 heavy (non-hydrogen) atoms. The Hall–Kier alpha value is -3.04. The second-order valence-corrected chi connectivity index (χ2v) is 9.88. The summed E-state index contributed by atoms with van der Waals surface area (Å²) in [4.78, 5) is 36.8. The Morgan fingerprint density at radius 3 is 2.36 bits per heavy atom. The molecule has 8 nitrogen and oxygen atoms in total. The van der Waals surface area contributed by atoms with Crippen molar-refractivity contribution in [3.63, 3.8) is 0 Å². The van der Waals surface area contributed by atoms with Gasteiger partial charge in [-0.05, 0) is 62.6 Å². The van der Waals surface area contributed by atoms with Gasteiger partial charge in [-0.3, -0.25) is 14.4 Å². The molecular weight excluding hydrogens is 444 g/mol. The van der Waals surface area contributed by atoms with E-state index in [1.165, 1.54) is 12.1 Å². The smallest absolute Gasteiger partial charge is 0.324 e. The van der Waals surface area contributed by atoms with E-state index < -0.39 is 34.4 Å². The first-order valence-corrected chi connectivity index (χ1v) is 12.3. The SMILES string of the molecule is CCCC(=O)Nc1ccc(C(=O)COC(=O)[C@@H]2CCCN2S(=O)(=O)c2ccc(C)cc2)cc1. The number of benzene rings is 2. The lowest BCUT2D eigenvalue weighted by Gasteiger charge is -2.22. The van der Waals surface area contributed by atoms with Crippen LogP contribution in [0.4, 0.5) is 5.69 Å². The summed E-state index contributed by atoms with van der Waals surface area (Å²) in [5.41, 5.74) is 1.83. The van der Waals surface area contributed by atoms with E-state index in [1.807, 2.05) is 13.8 Å². The molecule has 1 fully saturated rings. The number of nitrogens with one attached hydrogen (secondary N) is 1. The molecule has 0 unspecified atom stereocenters. The number of nitrogens with zero attached hydrogens (tertiary/aromatic N) is 1. The van der Waals surface area contributed by atoms with Crippen molar-refractivity contribution in [3.05, 3.63) is 59.7 Å². The molecule has 2 aromatic carbocycles. The first kappa shape index (κ1) is 24.6. The maximum absolute atomic E-state index is 13.0. The molecule has 0 bridgehead atoms. The van der Waals surface area contributed by atoms with Crippen LogP contribution in [0.1, 0.15) is 48.5 Å². The van der Waals surface area contributed by atoms with Crippen molar-refractivity contribution in [3.8, 4) is 0 Å². The van der Waals surface area contributed by atoms with Gasteiger partial charge in [0.15, 0.2) is 12.4 Å². The van der Waals surface area contributed by atoms with E-state index >= 15 is 0 Å². The Morgan fingerprint density at radius 2 is 1.73 bits per heavy atom. The molecule has 1 atom stereocenters. The first-order chi connectivity index (χ1) is 15.7. The third kappa shape index (κ3) is 6.06. The van der Waals surface area contributed by atoms with Crippen LogP contribution in [0.25, 0.3) is 0 Å². The highest BCUT2D eigenvalue weighted by atomic mass is 32.2. The molecule has 0 saturated carbocycles. The number of hydrogen-bond acceptors (Lipinski definition) is 6. The number of carbonyl (C=O) groups is 3. The predicted molar refractivity (Wildman–Crippen MR) is 123 cm³/mol. The molecule has 1 amide bonds. The zero-order chi connectivity index (χ0) is 24.0. The van der Waals surface area contributed by atoms with Gasteiger partial charge in [-0.1, -0.05) is 24.6 Å². The second kappa shape index (κ2) is 10.7. The van der Waals surface area contributed by atoms with Crippen LogP contribution in [-0.4, -0.2) is 49.6 Å². The van der Waals surface area contributed by atoms with Gasteiger partial charge in [-0.2, -0.15) is 4.31 Å². The Kier molecular flexibility index (Phi) is 7.99. The molecule has 1 heterocycles. The number of esters is 1. The molecule has 1 aliphatic heterocycles. The first-order valence-electron chi connectivity index (χ1n) is 10.9. The van der Waals surface area contributed by atoms with Crippen molar-refractivity contribution >= 4 is 33.4 Å². The van der Waals surface area contributed by atoms with Crippen LogP contribution in [-0.2, 0) is 24.3 Å². The van der Waals surface area contributed by atoms with Gasteiger partial charge >= 0.3 is 5.97 Å². The van der Waals surface area contributed by atoms with E-state index in [-0.39, 0.29) is 17.3 Å². The number of sulfonamides is 1. The van der Waals surface area contributed by atoms with E-state index in [1.54, 1.807) is 36.4 Å². The summed E-state index contributed by atoms with van der Waals surface area (Å²) in [6.45, 7) is 3.50. The quantitative estimate of drug-likeness (QED) is 0.443. The highest BCUT2D eigenvalue weighted by Gasteiger charge is 2.40. The van der Waals surface area contributed by atoms with Crippen LogP contribution in [0.5, 0.6) is 0 Å². The zero-order valence-corrected chi connectivity index (χ0v) is 19.6. The fraction of sp³-hybridized carbons (Fsp3) is 0.375. The minimum atomic E-state index is -3.85. The molecule has 9 heteroatoms. The van der Waals surface area contributed by atoms with Gasteiger partial charge in [0.25, 0.3) is 0 Å².